The lowest BCUT2D eigenvalue weighted by atomic mass is 9.85. The van der Waals surface area contributed by atoms with Gasteiger partial charge in [-0.25, -0.2) is 0 Å². The van der Waals surface area contributed by atoms with Gasteiger partial charge in [-0.3, -0.25) is 9.59 Å². The van der Waals surface area contributed by atoms with Gasteiger partial charge in [0.05, 0.1) is 40.2 Å². The first-order valence-electron chi connectivity index (χ1n) is 11.0. The van der Waals surface area contributed by atoms with E-state index in [4.69, 9.17) is 4.42 Å². The number of carbonyl (C=O) groups excluding carboxylic acids is 2. The predicted molar refractivity (Wildman–Crippen MR) is 137 cm³/mol. The second-order valence-electron chi connectivity index (χ2n) is 7.99. The topological polar surface area (TPSA) is 107 Å². The Morgan fingerprint density at radius 2 is 1.80 bits per heavy atom. The summed E-state index contributed by atoms with van der Waals surface area (Å²) in [7, 11) is 0. The minimum atomic E-state index is -0.708. The molecule has 1 aromatic heterocycles. The molecule has 35 heavy (non-hydrogen) atoms. The lowest BCUT2D eigenvalue weighted by Gasteiger charge is -2.28. The molecule has 2 amide bonds. The highest BCUT2D eigenvalue weighted by Crippen LogP contribution is 2.41. The Kier molecular flexibility index (Phi) is 7.38. The van der Waals surface area contributed by atoms with Crippen LogP contribution in [0.1, 0.15) is 24.2 Å². The van der Waals surface area contributed by atoms with E-state index in [1.807, 2.05) is 49.4 Å². The quantitative estimate of drug-likeness (QED) is 0.420. The molecule has 7 nitrogen and oxygen atoms in total. The summed E-state index contributed by atoms with van der Waals surface area (Å²) < 4.78 is 5.64. The standard InChI is InChI=1S/C27H24N4O3S/c1-17-8-6-11-20(14-17)31-26(33)24-18(2)29-27(21(15-28)25(24)22-12-7-13-34-22)35-16-23(32)30-19-9-4-3-5-10-19/h3-14,25,29H,16H2,1-2H3,(H,30,32)(H,31,33)/t25-/m1/s1. The van der Waals surface area contributed by atoms with Gasteiger partial charge in [0.1, 0.15) is 5.76 Å². The maximum absolute atomic E-state index is 13.4. The number of thioether (sulfide) groups is 1. The number of rotatable bonds is 7. The number of nitrogens with zero attached hydrogens (tertiary/aromatic N) is 1. The maximum Gasteiger partial charge on any atom is 0.254 e. The van der Waals surface area contributed by atoms with Gasteiger partial charge in [-0.05, 0) is 55.8 Å². The molecular formula is C27H24N4O3S. The number of hydrogen-bond acceptors (Lipinski definition) is 6. The Bertz CT molecular complexity index is 1340. The van der Waals surface area contributed by atoms with Crippen molar-refractivity contribution in [2.45, 2.75) is 19.8 Å². The van der Waals surface area contributed by atoms with E-state index in [2.05, 4.69) is 22.0 Å². The van der Waals surface area contributed by atoms with Gasteiger partial charge in [0.2, 0.25) is 5.91 Å². The molecule has 1 aliphatic rings. The first kappa shape index (κ1) is 23.9. The monoisotopic (exact) mass is 484 g/mol. The molecule has 0 radical (unpaired) electrons. The predicted octanol–water partition coefficient (Wildman–Crippen LogP) is 5.29. The second-order valence-corrected chi connectivity index (χ2v) is 8.98. The molecule has 0 aliphatic carbocycles. The SMILES string of the molecule is CC1=C(C(=O)Nc2cccc(C)c2)[C@@H](c2ccco2)C(C#N)=C(SCC(=O)Nc2ccccc2)N1. The van der Waals surface area contributed by atoms with Crippen molar-refractivity contribution in [2.75, 3.05) is 16.4 Å². The fraction of sp³-hybridized carbons (Fsp3) is 0.148. The Labute approximate surface area is 207 Å². The number of carbonyl (C=O) groups is 2. The zero-order chi connectivity index (χ0) is 24.8. The van der Waals surface area contributed by atoms with Crippen molar-refractivity contribution >= 4 is 35.0 Å². The highest BCUT2D eigenvalue weighted by atomic mass is 32.2. The molecule has 2 aromatic carbocycles. The average Bonchev–Trinajstić information content (AvgIpc) is 3.37. The molecule has 176 valence electrons. The fourth-order valence-electron chi connectivity index (χ4n) is 3.85. The molecule has 0 bridgehead atoms. The maximum atomic E-state index is 13.4. The third-order valence-electron chi connectivity index (χ3n) is 5.40. The zero-order valence-corrected chi connectivity index (χ0v) is 20.1. The number of allylic oxidation sites excluding steroid dienone is 2. The molecule has 0 saturated carbocycles. The highest BCUT2D eigenvalue weighted by molar-refractivity contribution is 8.03. The Hall–Kier alpha value is -4.22. The molecule has 1 atom stereocenters. The Morgan fingerprint density at radius 3 is 2.49 bits per heavy atom. The van der Waals surface area contributed by atoms with Gasteiger partial charge in [-0.2, -0.15) is 5.26 Å². The lowest BCUT2D eigenvalue weighted by molar-refractivity contribution is -0.114. The van der Waals surface area contributed by atoms with Crippen LogP contribution in [0.5, 0.6) is 0 Å². The number of anilines is 2. The van der Waals surface area contributed by atoms with E-state index in [0.29, 0.717) is 39.0 Å². The third kappa shape index (κ3) is 5.65. The summed E-state index contributed by atoms with van der Waals surface area (Å²) in [5, 5.41) is 19.5. The van der Waals surface area contributed by atoms with Gasteiger partial charge >= 0.3 is 0 Å². The number of dihydropyridines is 1. The van der Waals surface area contributed by atoms with E-state index < -0.39 is 5.92 Å². The molecule has 4 rings (SSSR count). The number of amides is 2. The molecule has 2 heterocycles. The second kappa shape index (κ2) is 10.8. The minimum Gasteiger partial charge on any atom is -0.468 e. The van der Waals surface area contributed by atoms with E-state index in [1.165, 1.54) is 18.0 Å². The lowest BCUT2D eigenvalue weighted by Crippen LogP contribution is -2.31. The average molecular weight is 485 g/mol. The first-order chi connectivity index (χ1) is 17.0. The van der Waals surface area contributed by atoms with Crippen molar-refractivity contribution in [3.8, 4) is 6.07 Å². The van der Waals surface area contributed by atoms with Crippen LogP contribution in [0.15, 0.2) is 99.3 Å². The van der Waals surface area contributed by atoms with E-state index in [1.54, 1.807) is 31.2 Å². The molecule has 0 unspecified atom stereocenters. The Morgan fingerprint density at radius 1 is 1.03 bits per heavy atom. The molecule has 3 N–H and O–H groups in total. The summed E-state index contributed by atoms with van der Waals surface area (Å²) in [6, 6.07) is 22.4. The number of furan rings is 1. The van der Waals surface area contributed by atoms with Crippen LogP contribution >= 0.6 is 11.8 Å². The number of para-hydroxylation sites is 1. The van der Waals surface area contributed by atoms with Gasteiger partial charge in [0.25, 0.3) is 5.91 Å². The minimum absolute atomic E-state index is 0.0887. The van der Waals surface area contributed by atoms with Gasteiger partial charge < -0.3 is 20.4 Å². The van der Waals surface area contributed by atoms with Crippen LogP contribution in [0.2, 0.25) is 0 Å². The van der Waals surface area contributed by atoms with Crippen molar-refractivity contribution in [2.24, 2.45) is 0 Å². The van der Waals surface area contributed by atoms with Crippen LogP contribution in [0, 0.1) is 18.3 Å². The molecule has 0 fully saturated rings. The van der Waals surface area contributed by atoms with Crippen LogP contribution in [-0.4, -0.2) is 17.6 Å². The van der Waals surface area contributed by atoms with Gasteiger partial charge in [0, 0.05) is 17.1 Å². The number of nitrogens with one attached hydrogen (secondary N) is 3. The summed E-state index contributed by atoms with van der Waals surface area (Å²) in [5.41, 5.74) is 3.66. The summed E-state index contributed by atoms with van der Waals surface area (Å²) in [4.78, 5) is 25.9. The summed E-state index contributed by atoms with van der Waals surface area (Å²) in [6.07, 6.45) is 1.51. The van der Waals surface area contributed by atoms with Crippen molar-refractivity contribution in [3.05, 3.63) is 106 Å². The van der Waals surface area contributed by atoms with Crippen LogP contribution < -0.4 is 16.0 Å². The van der Waals surface area contributed by atoms with Crippen LogP contribution in [0.3, 0.4) is 0 Å². The Balaban J connectivity index is 1.59. The molecule has 1 aliphatic heterocycles. The summed E-state index contributed by atoms with van der Waals surface area (Å²) in [5.74, 6) is -0.678. The number of hydrogen-bond donors (Lipinski definition) is 3. The number of aryl methyl sites for hydroxylation is 1. The van der Waals surface area contributed by atoms with E-state index >= 15 is 0 Å². The van der Waals surface area contributed by atoms with Gasteiger partial charge in [0.15, 0.2) is 0 Å². The molecular weight excluding hydrogens is 460 g/mol. The van der Waals surface area contributed by atoms with Gasteiger partial charge in [-0.1, -0.05) is 42.1 Å². The number of nitriles is 1. The van der Waals surface area contributed by atoms with Gasteiger partial charge in [-0.15, -0.1) is 0 Å². The fourth-order valence-corrected chi connectivity index (χ4v) is 4.74. The first-order valence-corrected chi connectivity index (χ1v) is 12.0. The zero-order valence-electron chi connectivity index (χ0n) is 19.3. The molecule has 8 heteroatoms. The van der Waals surface area contributed by atoms with Crippen molar-refractivity contribution < 1.29 is 14.0 Å². The van der Waals surface area contributed by atoms with Crippen molar-refractivity contribution in [1.29, 1.82) is 5.26 Å². The molecule has 0 spiro atoms. The summed E-state index contributed by atoms with van der Waals surface area (Å²) >= 11 is 1.21. The molecule has 0 saturated heterocycles. The summed E-state index contributed by atoms with van der Waals surface area (Å²) in [6.45, 7) is 3.72. The largest absolute Gasteiger partial charge is 0.468 e. The van der Waals surface area contributed by atoms with E-state index in [9.17, 15) is 14.9 Å². The number of benzene rings is 2. The van der Waals surface area contributed by atoms with Crippen LogP contribution in [-0.2, 0) is 9.59 Å². The highest BCUT2D eigenvalue weighted by Gasteiger charge is 2.36. The molecule has 3 aromatic rings. The van der Waals surface area contributed by atoms with E-state index in [0.717, 1.165) is 5.56 Å². The van der Waals surface area contributed by atoms with Crippen LogP contribution in [0.25, 0.3) is 0 Å². The van der Waals surface area contributed by atoms with E-state index in [-0.39, 0.29) is 17.6 Å². The van der Waals surface area contributed by atoms with Crippen LogP contribution in [0.4, 0.5) is 11.4 Å². The van der Waals surface area contributed by atoms with Crippen molar-refractivity contribution in [3.63, 3.8) is 0 Å². The third-order valence-corrected chi connectivity index (χ3v) is 6.42. The normalized spacial score (nSPS) is 15.3. The van der Waals surface area contributed by atoms with Crippen molar-refractivity contribution in [1.82, 2.24) is 5.32 Å². The smallest absolute Gasteiger partial charge is 0.254 e.